The van der Waals surface area contributed by atoms with Crippen molar-refractivity contribution in [1.29, 1.82) is 0 Å². The Morgan fingerprint density at radius 1 is 0.875 bits per heavy atom. The highest BCUT2D eigenvalue weighted by atomic mass is 35.5. The van der Waals surface area contributed by atoms with Gasteiger partial charge in [0.05, 0.1) is 24.2 Å². The Hall–Kier alpha value is -4.05. The number of nitrogens with zero attached hydrogens (tertiary/aromatic N) is 2. The van der Waals surface area contributed by atoms with Crippen molar-refractivity contribution in [3.05, 3.63) is 131 Å². The summed E-state index contributed by atoms with van der Waals surface area (Å²) in [5.74, 6) is -0.997. The van der Waals surface area contributed by atoms with Crippen LogP contribution in [0.15, 0.2) is 108 Å². The highest BCUT2D eigenvalue weighted by Crippen LogP contribution is 2.22. The van der Waals surface area contributed by atoms with Crippen LogP contribution in [0.2, 0.25) is 5.02 Å². The smallest absolute Gasteiger partial charge is 0.328 e. The number of aromatic nitrogens is 1. The normalized spacial score (nSPS) is 12.1. The van der Waals surface area contributed by atoms with Gasteiger partial charge in [-0.3, -0.25) is 9.78 Å². The number of hydrogen-bond donors (Lipinski definition) is 1. The molecule has 8 nitrogen and oxygen atoms in total. The number of hydrogen-bond acceptors (Lipinski definition) is 6. The molecule has 1 aromatic heterocycles. The highest BCUT2D eigenvalue weighted by Gasteiger charge is 2.26. The minimum atomic E-state index is -3.89. The lowest BCUT2D eigenvalue weighted by Gasteiger charge is -2.22. The number of pyridine rings is 1. The molecule has 0 fully saturated rings. The average Bonchev–Trinajstić information content (AvgIpc) is 2.97. The van der Waals surface area contributed by atoms with Gasteiger partial charge >= 0.3 is 5.97 Å². The summed E-state index contributed by atoms with van der Waals surface area (Å²) in [5.41, 5.74) is 2.45. The topological polar surface area (TPSA) is 106 Å². The molecule has 0 aliphatic rings. The van der Waals surface area contributed by atoms with Crippen LogP contribution in [0.25, 0.3) is 0 Å². The van der Waals surface area contributed by atoms with Crippen LogP contribution in [-0.2, 0) is 39.1 Å². The van der Waals surface area contributed by atoms with E-state index in [0.717, 1.165) is 5.56 Å². The monoisotopic (exact) mass is 577 g/mol. The van der Waals surface area contributed by atoms with Crippen LogP contribution in [0.5, 0.6) is 0 Å². The molecule has 1 heterocycles. The van der Waals surface area contributed by atoms with Gasteiger partial charge in [-0.15, -0.1) is 0 Å². The second-order valence-electron chi connectivity index (χ2n) is 8.98. The maximum Gasteiger partial charge on any atom is 0.328 e. The maximum atomic E-state index is 13.5. The van der Waals surface area contributed by atoms with Crippen LogP contribution in [0.3, 0.4) is 0 Å². The van der Waals surface area contributed by atoms with Gasteiger partial charge in [-0.25, -0.2) is 13.2 Å². The van der Waals surface area contributed by atoms with E-state index in [0.29, 0.717) is 21.8 Å². The Bertz CT molecular complexity index is 1530. The zero-order chi connectivity index (χ0) is 28.5. The number of sulfonamides is 1. The lowest BCUT2D eigenvalue weighted by molar-refractivity contribution is -0.142. The second-order valence-corrected chi connectivity index (χ2v) is 11.4. The van der Waals surface area contributed by atoms with Crippen LogP contribution in [0, 0.1) is 0 Å². The standard InChI is InChI=1S/C30H28ClN3O5S/c1-39-30(36)28(19-22-7-3-2-4-8-22)33-29(35)24-12-10-23(11-13-24)20-34(21-26-9-5-6-18-32-26)40(37,38)27-16-14-25(31)15-17-27/h2-18,28H,19-21H2,1H3,(H,33,35)/t28-/m1/s1. The number of ether oxygens (including phenoxy) is 1. The number of nitrogens with one attached hydrogen (secondary N) is 1. The third-order valence-electron chi connectivity index (χ3n) is 6.16. The summed E-state index contributed by atoms with van der Waals surface area (Å²) < 4.78 is 33.3. The van der Waals surface area contributed by atoms with E-state index in [-0.39, 0.29) is 24.4 Å². The molecule has 3 aromatic carbocycles. The first-order valence-corrected chi connectivity index (χ1v) is 14.3. The number of carbonyl (C=O) groups is 2. The summed E-state index contributed by atoms with van der Waals surface area (Å²) in [7, 11) is -2.62. The Kier molecular flexibility index (Phi) is 9.65. The van der Waals surface area contributed by atoms with Crippen molar-refractivity contribution in [1.82, 2.24) is 14.6 Å². The first-order chi connectivity index (χ1) is 19.3. The number of halogens is 1. The molecule has 0 aliphatic heterocycles. The molecule has 0 saturated carbocycles. The number of methoxy groups -OCH3 is 1. The molecule has 0 radical (unpaired) electrons. The summed E-state index contributed by atoms with van der Waals surface area (Å²) in [6.45, 7) is 0.0938. The third-order valence-corrected chi connectivity index (χ3v) is 8.22. The Labute approximate surface area is 238 Å². The van der Waals surface area contributed by atoms with Crippen molar-refractivity contribution < 1.29 is 22.7 Å². The molecule has 0 aliphatic carbocycles. The maximum absolute atomic E-state index is 13.5. The molecule has 40 heavy (non-hydrogen) atoms. The second kappa shape index (κ2) is 13.3. The van der Waals surface area contributed by atoms with E-state index >= 15 is 0 Å². The van der Waals surface area contributed by atoms with E-state index in [2.05, 4.69) is 10.3 Å². The fourth-order valence-corrected chi connectivity index (χ4v) is 5.57. The molecule has 1 N–H and O–H groups in total. The fraction of sp³-hybridized carbons (Fsp3) is 0.167. The average molecular weight is 578 g/mol. The summed E-state index contributed by atoms with van der Waals surface area (Å²) in [6, 6.07) is 26.3. The molecule has 0 spiro atoms. The predicted octanol–water partition coefficient (Wildman–Crippen LogP) is 4.64. The van der Waals surface area contributed by atoms with Gasteiger partial charge in [0, 0.05) is 29.7 Å². The Morgan fingerprint density at radius 3 is 2.17 bits per heavy atom. The van der Waals surface area contributed by atoms with E-state index in [1.165, 1.54) is 35.7 Å². The van der Waals surface area contributed by atoms with Gasteiger partial charge in [-0.05, 0) is 59.7 Å². The van der Waals surface area contributed by atoms with E-state index in [1.54, 1.807) is 48.7 Å². The van der Waals surface area contributed by atoms with Crippen molar-refractivity contribution in [2.45, 2.75) is 30.4 Å². The molecule has 4 rings (SSSR count). The molecular formula is C30H28ClN3O5S. The largest absolute Gasteiger partial charge is 0.467 e. The van der Waals surface area contributed by atoms with Crippen LogP contribution < -0.4 is 5.32 Å². The molecule has 0 unspecified atom stereocenters. The van der Waals surface area contributed by atoms with E-state index in [1.807, 2.05) is 30.3 Å². The number of esters is 1. The van der Waals surface area contributed by atoms with Crippen molar-refractivity contribution in [2.24, 2.45) is 0 Å². The molecule has 0 saturated heterocycles. The van der Waals surface area contributed by atoms with Gasteiger partial charge in [0.15, 0.2) is 0 Å². The van der Waals surface area contributed by atoms with Crippen molar-refractivity contribution in [3.63, 3.8) is 0 Å². The van der Waals surface area contributed by atoms with Gasteiger partial charge in [-0.1, -0.05) is 60.1 Å². The van der Waals surface area contributed by atoms with Crippen LogP contribution in [-0.4, -0.2) is 42.7 Å². The Balaban J connectivity index is 1.52. The van der Waals surface area contributed by atoms with Gasteiger partial charge in [0.1, 0.15) is 6.04 Å². The van der Waals surface area contributed by atoms with Gasteiger partial charge in [-0.2, -0.15) is 4.31 Å². The van der Waals surface area contributed by atoms with E-state index in [4.69, 9.17) is 16.3 Å². The van der Waals surface area contributed by atoms with E-state index in [9.17, 15) is 18.0 Å². The first kappa shape index (κ1) is 28.9. The van der Waals surface area contributed by atoms with Gasteiger partial charge < -0.3 is 10.1 Å². The number of carbonyl (C=O) groups excluding carboxylic acids is 2. The van der Waals surface area contributed by atoms with Crippen molar-refractivity contribution >= 4 is 33.5 Å². The van der Waals surface area contributed by atoms with Crippen LogP contribution >= 0.6 is 11.6 Å². The zero-order valence-electron chi connectivity index (χ0n) is 21.7. The molecule has 4 aromatic rings. The number of benzene rings is 3. The summed E-state index contributed by atoms with van der Waals surface area (Å²) in [5, 5.41) is 3.17. The number of rotatable bonds is 11. The minimum absolute atomic E-state index is 0.0439. The molecule has 1 atom stereocenters. The van der Waals surface area contributed by atoms with Crippen molar-refractivity contribution in [2.75, 3.05) is 7.11 Å². The Morgan fingerprint density at radius 2 is 1.55 bits per heavy atom. The van der Waals surface area contributed by atoms with Crippen LogP contribution in [0.1, 0.15) is 27.2 Å². The van der Waals surface area contributed by atoms with Crippen LogP contribution in [0.4, 0.5) is 0 Å². The molecule has 1 amide bonds. The van der Waals surface area contributed by atoms with Gasteiger partial charge in [0.2, 0.25) is 10.0 Å². The predicted molar refractivity (Wildman–Crippen MR) is 152 cm³/mol. The summed E-state index contributed by atoms with van der Waals surface area (Å²) in [6.07, 6.45) is 1.89. The SMILES string of the molecule is COC(=O)[C@@H](Cc1ccccc1)NC(=O)c1ccc(CN(Cc2ccccn2)S(=O)(=O)c2ccc(Cl)cc2)cc1. The summed E-state index contributed by atoms with van der Waals surface area (Å²) in [4.78, 5) is 29.7. The number of amides is 1. The molecular weight excluding hydrogens is 550 g/mol. The lowest BCUT2D eigenvalue weighted by Crippen LogP contribution is -2.43. The first-order valence-electron chi connectivity index (χ1n) is 12.4. The minimum Gasteiger partial charge on any atom is -0.467 e. The van der Waals surface area contributed by atoms with E-state index < -0.39 is 27.9 Å². The third kappa shape index (κ3) is 7.53. The molecule has 0 bridgehead atoms. The van der Waals surface area contributed by atoms with Crippen molar-refractivity contribution in [3.8, 4) is 0 Å². The lowest BCUT2D eigenvalue weighted by atomic mass is 10.0. The molecule has 206 valence electrons. The van der Waals surface area contributed by atoms with Gasteiger partial charge in [0.25, 0.3) is 5.91 Å². The molecule has 10 heteroatoms. The fourth-order valence-electron chi connectivity index (χ4n) is 4.05. The highest BCUT2D eigenvalue weighted by molar-refractivity contribution is 7.89. The zero-order valence-corrected chi connectivity index (χ0v) is 23.3. The summed E-state index contributed by atoms with van der Waals surface area (Å²) >= 11 is 5.96. The quantitative estimate of drug-likeness (QED) is 0.260.